The van der Waals surface area contributed by atoms with Crippen LogP contribution in [-0.2, 0) is 0 Å². The molecule has 3 fully saturated rings. The Morgan fingerprint density at radius 3 is 2.50 bits per heavy atom. The van der Waals surface area contributed by atoms with E-state index in [-0.39, 0.29) is 0 Å². The quantitative estimate of drug-likeness (QED) is 0.791. The fourth-order valence-corrected chi connectivity index (χ4v) is 5.02. The molecule has 3 rings (SSSR count). The number of hydrogen-bond donors (Lipinski definition) is 1. The molecule has 1 spiro atoms. The lowest BCUT2D eigenvalue weighted by Crippen LogP contribution is -2.58. The van der Waals surface area contributed by atoms with Gasteiger partial charge in [-0.1, -0.05) is 32.6 Å². The highest BCUT2D eigenvalue weighted by atomic mass is 15.2. The van der Waals surface area contributed by atoms with E-state index in [4.69, 9.17) is 0 Å². The van der Waals surface area contributed by atoms with Crippen LogP contribution < -0.4 is 5.32 Å². The van der Waals surface area contributed by atoms with Crippen LogP contribution in [0, 0.1) is 5.41 Å². The van der Waals surface area contributed by atoms with Crippen LogP contribution >= 0.6 is 0 Å². The van der Waals surface area contributed by atoms with Crippen LogP contribution in [0.25, 0.3) is 0 Å². The van der Waals surface area contributed by atoms with Crippen molar-refractivity contribution in [3.05, 3.63) is 0 Å². The Morgan fingerprint density at radius 2 is 1.90 bits per heavy atom. The Labute approximate surface area is 125 Å². The van der Waals surface area contributed by atoms with Gasteiger partial charge in [-0.05, 0) is 63.5 Å². The van der Waals surface area contributed by atoms with E-state index in [9.17, 15) is 0 Å². The van der Waals surface area contributed by atoms with E-state index in [1.807, 2.05) is 0 Å². The molecule has 2 aliphatic carbocycles. The second kappa shape index (κ2) is 6.79. The Balaban J connectivity index is 1.61. The lowest BCUT2D eigenvalue weighted by molar-refractivity contribution is -0.0559. The maximum atomic E-state index is 3.72. The van der Waals surface area contributed by atoms with E-state index in [0.717, 1.165) is 17.5 Å². The summed E-state index contributed by atoms with van der Waals surface area (Å²) >= 11 is 0. The SMILES string of the molecule is CCCCN(CC1CCCN1)C1CCC12CCCCC2. The maximum Gasteiger partial charge on any atom is 0.0195 e. The highest BCUT2D eigenvalue weighted by Gasteiger charge is 2.49. The molecule has 3 aliphatic rings. The zero-order valence-corrected chi connectivity index (χ0v) is 13.5. The average Bonchev–Trinajstić information content (AvgIpc) is 2.97. The molecule has 2 saturated carbocycles. The fraction of sp³-hybridized carbons (Fsp3) is 1.00. The summed E-state index contributed by atoms with van der Waals surface area (Å²) in [4.78, 5) is 2.90. The van der Waals surface area contributed by atoms with E-state index in [2.05, 4.69) is 17.1 Å². The van der Waals surface area contributed by atoms with Crippen LogP contribution in [0.2, 0.25) is 0 Å². The van der Waals surface area contributed by atoms with Gasteiger partial charge >= 0.3 is 0 Å². The third-order valence-corrected chi connectivity index (χ3v) is 6.33. The van der Waals surface area contributed by atoms with Gasteiger partial charge < -0.3 is 5.32 Å². The summed E-state index contributed by atoms with van der Waals surface area (Å²) in [5.41, 5.74) is 0.741. The van der Waals surface area contributed by atoms with Crippen LogP contribution in [0.15, 0.2) is 0 Å². The van der Waals surface area contributed by atoms with E-state index in [1.165, 1.54) is 90.3 Å². The van der Waals surface area contributed by atoms with Crippen molar-refractivity contribution in [1.29, 1.82) is 0 Å². The van der Waals surface area contributed by atoms with E-state index in [0.29, 0.717) is 0 Å². The molecule has 0 aromatic heterocycles. The van der Waals surface area contributed by atoms with Gasteiger partial charge in [-0.2, -0.15) is 0 Å². The average molecular weight is 278 g/mol. The zero-order valence-electron chi connectivity index (χ0n) is 13.5. The molecular weight excluding hydrogens is 244 g/mol. The van der Waals surface area contributed by atoms with Crippen molar-refractivity contribution < 1.29 is 0 Å². The zero-order chi connectivity index (χ0) is 13.8. The maximum absolute atomic E-state index is 3.72. The molecule has 116 valence electrons. The Kier molecular flexibility index (Phi) is 5.04. The summed E-state index contributed by atoms with van der Waals surface area (Å²) in [6, 6.07) is 1.71. The van der Waals surface area contributed by atoms with Crippen molar-refractivity contribution in [3.8, 4) is 0 Å². The summed E-state index contributed by atoms with van der Waals surface area (Å²) in [5, 5.41) is 3.72. The first-order valence-corrected chi connectivity index (χ1v) is 9.31. The lowest BCUT2D eigenvalue weighted by atomic mass is 9.56. The summed E-state index contributed by atoms with van der Waals surface area (Å²) in [6.07, 6.45) is 16.1. The van der Waals surface area contributed by atoms with Crippen molar-refractivity contribution >= 4 is 0 Å². The second-order valence-electron chi connectivity index (χ2n) is 7.62. The van der Waals surface area contributed by atoms with Crippen molar-refractivity contribution in [1.82, 2.24) is 10.2 Å². The van der Waals surface area contributed by atoms with E-state index >= 15 is 0 Å². The summed E-state index contributed by atoms with van der Waals surface area (Å²) in [6.45, 7) is 6.26. The first-order chi connectivity index (χ1) is 9.84. The molecule has 1 N–H and O–H groups in total. The van der Waals surface area contributed by atoms with Crippen LogP contribution in [-0.4, -0.2) is 36.6 Å². The van der Waals surface area contributed by atoms with Gasteiger partial charge in [0.1, 0.15) is 0 Å². The molecule has 1 aliphatic heterocycles. The summed E-state index contributed by atoms with van der Waals surface area (Å²) in [7, 11) is 0. The highest BCUT2D eigenvalue weighted by Crippen LogP contribution is 2.53. The van der Waals surface area contributed by atoms with Gasteiger partial charge in [-0.15, -0.1) is 0 Å². The molecule has 0 aromatic carbocycles. The van der Waals surface area contributed by atoms with Crippen molar-refractivity contribution in [2.24, 2.45) is 5.41 Å². The standard InChI is InChI=1S/C18H34N2/c1-2-3-14-20(15-16-8-7-13-19-16)17-9-12-18(17)10-5-4-6-11-18/h16-17,19H,2-15H2,1H3. The van der Waals surface area contributed by atoms with Crippen LogP contribution in [0.3, 0.4) is 0 Å². The van der Waals surface area contributed by atoms with Crippen molar-refractivity contribution in [2.45, 2.75) is 89.6 Å². The minimum Gasteiger partial charge on any atom is -0.313 e. The second-order valence-corrected chi connectivity index (χ2v) is 7.62. The Morgan fingerprint density at radius 1 is 1.05 bits per heavy atom. The Hall–Kier alpha value is -0.0800. The molecule has 2 unspecified atom stereocenters. The summed E-state index contributed by atoms with van der Waals surface area (Å²) < 4.78 is 0. The van der Waals surface area contributed by atoms with Gasteiger partial charge in [0.25, 0.3) is 0 Å². The van der Waals surface area contributed by atoms with Gasteiger partial charge in [0.05, 0.1) is 0 Å². The molecule has 1 heterocycles. The third kappa shape index (κ3) is 3.06. The minimum absolute atomic E-state index is 0.741. The molecule has 1 saturated heterocycles. The summed E-state index contributed by atoms with van der Waals surface area (Å²) in [5.74, 6) is 0. The smallest absolute Gasteiger partial charge is 0.0195 e. The highest BCUT2D eigenvalue weighted by molar-refractivity contribution is 5.03. The molecule has 0 bridgehead atoms. The molecule has 2 heteroatoms. The van der Waals surface area contributed by atoms with Gasteiger partial charge in [0.15, 0.2) is 0 Å². The monoisotopic (exact) mass is 278 g/mol. The van der Waals surface area contributed by atoms with E-state index in [1.54, 1.807) is 0 Å². The predicted molar refractivity (Wildman–Crippen MR) is 86.0 cm³/mol. The molecule has 0 radical (unpaired) electrons. The topological polar surface area (TPSA) is 15.3 Å². The van der Waals surface area contributed by atoms with Crippen molar-refractivity contribution in [3.63, 3.8) is 0 Å². The number of unbranched alkanes of at least 4 members (excludes halogenated alkanes) is 1. The molecule has 20 heavy (non-hydrogen) atoms. The van der Waals surface area contributed by atoms with Gasteiger partial charge in [0.2, 0.25) is 0 Å². The molecule has 0 amide bonds. The van der Waals surface area contributed by atoms with Gasteiger partial charge in [-0.25, -0.2) is 0 Å². The number of hydrogen-bond acceptors (Lipinski definition) is 2. The lowest BCUT2D eigenvalue weighted by Gasteiger charge is -2.57. The predicted octanol–water partition coefficient (Wildman–Crippen LogP) is 3.95. The van der Waals surface area contributed by atoms with Crippen molar-refractivity contribution in [2.75, 3.05) is 19.6 Å². The number of nitrogens with one attached hydrogen (secondary N) is 1. The number of nitrogens with zero attached hydrogens (tertiary/aromatic N) is 1. The van der Waals surface area contributed by atoms with Crippen LogP contribution in [0.1, 0.15) is 77.6 Å². The molecule has 2 atom stereocenters. The third-order valence-electron chi connectivity index (χ3n) is 6.33. The van der Waals surface area contributed by atoms with Crippen LogP contribution in [0.4, 0.5) is 0 Å². The van der Waals surface area contributed by atoms with Crippen LogP contribution in [0.5, 0.6) is 0 Å². The Bertz CT molecular complexity index is 290. The number of rotatable bonds is 6. The molecule has 0 aromatic rings. The largest absolute Gasteiger partial charge is 0.313 e. The first kappa shape index (κ1) is 14.8. The molecular formula is C18H34N2. The fourth-order valence-electron chi connectivity index (χ4n) is 5.02. The molecule has 2 nitrogen and oxygen atoms in total. The first-order valence-electron chi connectivity index (χ1n) is 9.31. The normalized spacial score (nSPS) is 32.7. The van der Waals surface area contributed by atoms with E-state index < -0.39 is 0 Å². The van der Waals surface area contributed by atoms with Gasteiger partial charge in [0, 0.05) is 18.6 Å². The van der Waals surface area contributed by atoms with Gasteiger partial charge in [-0.3, -0.25) is 4.90 Å². The minimum atomic E-state index is 0.741.